The van der Waals surface area contributed by atoms with Crippen molar-refractivity contribution in [3.63, 3.8) is 0 Å². The van der Waals surface area contributed by atoms with E-state index in [1.54, 1.807) is 33.2 Å². The summed E-state index contributed by atoms with van der Waals surface area (Å²) in [4.78, 5) is 20.7. The smallest absolute Gasteiger partial charge is 0.260 e. The van der Waals surface area contributed by atoms with Gasteiger partial charge in [-0.05, 0) is 43.5 Å². The zero-order chi connectivity index (χ0) is 18.1. The Kier molecular flexibility index (Phi) is 4.30. The van der Waals surface area contributed by atoms with Gasteiger partial charge in [0, 0.05) is 16.3 Å². The van der Waals surface area contributed by atoms with E-state index < -0.39 is 0 Å². The predicted molar refractivity (Wildman–Crippen MR) is 99.1 cm³/mol. The second-order valence-corrected chi connectivity index (χ2v) is 7.18. The van der Waals surface area contributed by atoms with E-state index in [1.807, 2.05) is 49.6 Å². The molecule has 0 bridgehead atoms. The average molecular weight is 366 g/mol. The third-order valence-corrected chi connectivity index (χ3v) is 5.01. The van der Waals surface area contributed by atoms with Gasteiger partial charge in [-0.15, -0.1) is 11.3 Å². The van der Waals surface area contributed by atoms with Crippen LogP contribution in [0.2, 0.25) is 0 Å². The number of rotatable bonds is 5. The number of nitrogens with zero attached hydrogens (tertiary/aromatic N) is 4. The zero-order valence-corrected chi connectivity index (χ0v) is 15.4. The summed E-state index contributed by atoms with van der Waals surface area (Å²) in [5.41, 5.74) is 2.89. The molecule has 0 aliphatic heterocycles. The Labute approximate surface area is 154 Å². The van der Waals surface area contributed by atoms with Crippen molar-refractivity contribution in [2.24, 2.45) is 0 Å². The fraction of sp³-hybridized carbons (Fsp3) is 0.211. The molecule has 0 aliphatic rings. The van der Waals surface area contributed by atoms with E-state index in [4.69, 9.17) is 4.42 Å². The summed E-state index contributed by atoms with van der Waals surface area (Å²) in [6.07, 6.45) is 3.22. The Morgan fingerprint density at radius 2 is 2.15 bits per heavy atom. The summed E-state index contributed by atoms with van der Waals surface area (Å²) < 4.78 is 7.15. The van der Waals surface area contributed by atoms with E-state index in [1.165, 1.54) is 0 Å². The van der Waals surface area contributed by atoms with Gasteiger partial charge in [0.05, 0.1) is 25.5 Å². The molecule has 0 saturated carbocycles. The van der Waals surface area contributed by atoms with E-state index in [0.717, 1.165) is 22.0 Å². The van der Waals surface area contributed by atoms with Crippen molar-refractivity contribution in [2.75, 3.05) is 0 Å². The van der Waals surface area contributed by atoms with E-state index in [-0.39, 0.29) is 5.91 Å². The number of hydrogen-bond acceptors (Lipinski definition) is 5. The highest BCUT2D eigenvalue weighted by molar-refractivity contribution is 7.09. The van der Waals surface area contributed by atoms with Crippen molar-refractivity contribution in [1.29, 1.82) is 0 Å². The molecular weight excluding hydrogens is 348 g/mol. The Bertz CT molecular complexity index is 999. The fourth-order valence-corrected chi connectivity index (χ4v) is 3.69. The molecule has 0 atom stereocenters. The number of thiophene rings is 1. The zero-order valence-electron chi connectivity index (χ0n) is 14.5. The van der Waals surface area contributed by atoms with Crippen LogP contribution in [0.15, 0.2) is 52.6 Å². The molecule has 0 aromatic carbocycles. The molecule has 4 heterocycles. The van der Waals surface area contributed by atoms with Crippen LogP contribution in [0.5, 0.6) is 0 Å². The van der Waals surface area contributed by atoms with Crippen LogP contribution in [0.3, 0.4) is 0 Å². The minimum absolute atomic E-state index is 0.109. The quantitative estimate of drug-likeness (QED) is 0.538. The van der Waals surface area contributed by atoms with Gasteiger partial charge in [0.25, 0.3) is 5.91 Å². The van der Waals surface area contributed by atoms with Crippen LogP contribution in [-0.4, -0.2) is 25.4 Å². The number of carbonyl (C=O) groups is 1. The molecule has 132 valence electrons. The van der Waals surface area contributed by atoms with Crippen molar-refractivity contribution in [3.05, 3.63) is 75.8 Å². The van der Waals surface area contributed by atoms with E-state index in [2.05, 4.69) is 10.1 Å². The number of fused-ring (bicyclic) bond motifs is 1. The summed E-state index contributed by atoms with van der Waals surface area (Å²) in [5.74, 6) is 0.633. The number of furan rings is 1. The minimum atomic E-state index is -0.109. The summed E-state index contributed by atoms with van der Waals surface area (Å²) in [5, 5.41) is 6.35. The molecule has 0 fully saturated rings. The van der Waals surface area contributed by atoms with Crippen LogP contribution in [0.1, 0.15) is 32.4 Å². The summed E-state index contributed by atoms with van der Waals surface area (Å²) >= 11 is 1.63. The number of aromatic nitrogens is 3. The molecule has 4 aromatic rings. The lowest BCUT2D eigenvalue weighted by molar-refractivity contribution is 0.0721. The molecule has 1 amide bonds. The first-order chi connectivity index (χ1) is 12.6. The SMILES string of the molecule is Cc1cc(C)n2ncc(C(=O)N(Cc3ccco3)Cc3cccs3)c2n1. The summed E-state index contributed by atoms with van der Waals surface area (Å²) in [7, 11) is 0. The van der Waals surface area contributed by atoms with Gasteiger partial charge in [-0.25, -0.2) is 9.50 Å². The second-order valence-electron chi connectivity index (χ2n) is 6.15. The topological polar surface area (TPSA) is 63.6 Å². The highest BCUT2D eigenvalue weighted by atomic mass is 32.1. The number of amides is 1. The lowest BCUT2D eigenvalue weighted by Gasteiger charge is -2.20. The average Bonchev–Trinajstić information content (AvgIpc) is 3.35. The van der Waals surface area contributed by atoms with Crippen molar-refractivity contribution in [2.45, 2.75) is 26.9 Å². The van der Waals surface area contributed by atoms with Crippen LogP contribution in [-0.2, 0) is 13.1 Å². The Hall–Kier alpha value is -2.93. The second kappa shape index (κ2) is 6.76. The van der Waals surface area contributed by atoms with Gasteiger partial charge in [0.15, 0.2) is 5.65 Å². The molecule has 0 saturated heterocycles. The molecule has 0 unspecified atom stereocenters. The Morgan fingerprint density at radius 3 is 2.88 bits per heavy atom. The maximum absolute atomic E-state index is 13.3. The largest absolute Gasteiger partial charge is 0.467 e. The van der Waals surface area contributed by atoms with Gasteiger partial charge in [-0.3, -0.25) is 4.79 Å². The highest BCUT2D eigenvalue weighted by Crippen LogP contribution is 2.20. The predicted octanol–water partition coefficient (Wildman–Crippen LogP) is 3.84. The van der Waals surface area contributed by atoms with Gasteiger partial charge < -0.3 is 9.32 Å². The van der Waals surface area contributed by atoms with Gasteiger partial charge in [0.1, 0.15) is 11.3 Å². The summed E-state index contributed by atoms with van der Waals surface area (Å²) in [6.45, 7) is 4.78. The van der Waals surface area contributed by atoms with Gasteiger partial charge in [-0.1, -0.05) is 6.07 Å². The number of aryl methyl sites for hydroxylation is 2. The molecule has 0 radical (unpaired) electrons. The van der Waals surface area contributed by atoms with Crippen molar-refractivity contribution in [3.8, 4) is 0 Å². The molecule has 7 heteroatoms. The Balaban J connectivity index is 1.71. The molecule has 4 aromatic heterocycles. The fourth-order valence-electron chi connectivity index (χ4n) is 2.97. The molecule has 6 nitrogen and oxygen atoms in total. The van der Waals surface area contributed by atoms with Gasteiger partial charge in [0.2, 0.25) is 0 Å². The molecule has 4 rings (SSSR count). The monoisotopic (exact) mass is 366 g/mol. The van der Waals surface area contributed by atoms with E-state index in [9.17, 15) is 4.79 Å². The van der Waals surface area contributed by atoms with Crippen LogP contribution in [0.4, 0.5) is 0 Å². The Morgan fingerprint density at radius 1 is 1.27 bits per heavy atom. The summed E-state index contributed by atoms with van der Waals surface area (Å²) in [6, 6.07) is 9.65. The van der Waals surface area contributed by atoms with Crippen molar-refractivity contribution >= 4 is 22.9 Å². The highest BCUT2D eigenvalue weighted by Gasteiger charge is 2.23. The maximum atomic E-state index is 13.3. The van der Waals surface area contributed by atoms with Crippen molar-refractivity contribution in [1.82, 2.24) is 19.5 Å². The number of carbonyl (C=O) groups excluding carboxylic acids is 1. The first kappa shape index (κ1) is 16.5. The standard InChI is InChI=1S/C19H18N4O2S/c1-13-9-14(2)23-18(21-13)17(10-20-23)19(24)22(11-15-5-3-7-25-15)12-16-6-4-8-26-16/h3-10H,11-12H2,1-2H3. The van der Waals surface area contributed by atoms with Crippen LogP contribution < -0.4 is 0 Å². The molecule has 0 aliphatic carbocycles. The molecule has 0 spiro atoms. The van der Waals surface area contributed by atoms with Crippen LogP contribution in [0.25, 0.3) is 5.65 Å². The van der Waals surface area contributed by atoms with E-state index in [0.29, 0.717) is 24.3 Å². The van der Waals surface area contributed by atoms with Gasteiger partial charge >= 0.3 is 0 Å². The first-order valence-electron chi connectivity index (χ1n) is 8.28. The molecular formula is C19H18N4O2S. The van der Waals surface area contributed by atoms with Crippen molar-refractivity contribution < 1.29 is 9.21 Å². The van der Waals surface area contributed by atoms with Gasteiger partial charge in [-0.2, -0.15) is 5.10 Å². The van der Waals surface area contributed by atoms with Crippen LogP contribution in [0, 0.1) is 13.8 Å². The maximum Gasteiger partial charge on any atom is 0.260 e. The number of hydrogen-bond donors (Lipinski definition) is 0. The van der Waals surface area contributed by atoms with E-state index >= 15 is 0 Å². The lowest BCUT2D eigenvalue weighted by Crippen LogP contribution is -2.29. The third kappa shape index (κ3) is 3.13. The molecule has 26 heavy (non-hydrogen) atoms. The first-order valence-corrected chi connectivity index (χ1v) is 9.16. The molecule has 0 N–H and O–H groups in total. The normalized spacial score (nSPS) is 11.2. The minimum Gasteiger partial charge on any atom is -0.467 e. The van der Waals surface area contributed by atoms with Crippen LogP contribution >= 0.6 is 11.3 Å². The third-order valence-electron chi connectivity index (χ3n) is 4.15. The lowest BCUT2D eigenvalue weighted by atomic mass is 10.2.